The van der Waals surface area contributed by atoms with Crippen LogP contribution in [-0.2, 0) is 20.9 Å². The van der Waals surface area contributed by atoms with Crippen molar-refractivity contribution in [2.75, 3.05) is 13.2 Å². The molecule has 5 heteroatoms. The molecule has 1 aromatic carbocycles. The van der Waals surface area contributed by atoms with Crippen molar-refractivity contribution in [1.82, 2.24) is 4.98 Å². The smallest absolute Gasteiger partial charge is 0.330 e. The van der Waals surface area contributed by atoms with Gasteiger partial charge >= 0.3 is 5.97 Å². The summed E-state index contributed by atoms with van der Waals surface area (Å²) in [5.41, 5.74) is 1.76. The number of benzene rings is 1. The van der Waals surface area contributed by atoms with Gasteiger partial charge in [0.2, 0.25) is 0 Å². The van der Waals surface area contributed by atoms with Gasteiger partial charge in [-0.3, -0.25) is 4.98 Å². The average Bonchev–Trinajstić information content (AvgIpc) is 2.63. The van der Waals surface area contributed by atoms with Crippen molar-refractivity contribution in [3.8, 4) is 5.75 Å². The van der Waals surface area contributed by atoms with Crippen molar-refractivity contribution in [3.63, 3.8) is 0 Å². The van der Waals surface area contributed by atoms with Crippen molar-refractivity contribution in [1.29, 1.82) is 0 Å². The second-order valence-electron chi connectivity index (χ2n) is 5.60. The Balaban J connectivity index is 1.74. The molecule has 0 N–H and O–H groups in total. The third kappa shape index (κ3) is 7.63. The Morgan fingerprint density at radius 1 is 1.12 bits per heavy atom. The van der Waals surface area contributed by atoms with Crippen LogP contribution in [0.15, 0.2) is 54.7 Å². The normalized spacial score (nSPS) is 11.0. The fourth-order valence-electron chi connectivity index (χ4n) is 1.95. The van der Waals surface area contributed by atoms with Gasteiger partial charge in [0.1, 0.15) is 19.0 Å². The molecule has 2 aromatic rings. The average molecular weight is 341 g/mol. The zero-order valence-corrected chi connectivity index (χ0v) is 14.6. The summed E-state index contributed by atoms with van der Waals surface area (Å²) in [4.78, 5) is 15.8. The number of pyridine rings is 1. The minimum atomic E-state index is -0.386. The van der Waals surface area contributed by atoms with Crippen LogP contribution < -0.4 is 4.74 Å². The van der Waals surface area contributed by atoms with Gasteiger partial charge in [-0.15, -0.1) is 0 Å². The van der Waals surface area contributed by atoms with Crippen LogP contribution in [0.1, 0.15) is 25.1 Å². The molecule has 0 bridgehead atoms. The number of nitrogens with zero attached hydrogens (tertiary/aromatic N) is 1. The topological polar surface area (TPSA) is 57.7 Å². The largest absolute Gasteiger partial charge is 0.487 e. The van der Waals surface area contributed by atoms with Gasteiger partial charge in [0.05, 0.1) is 18.4 Å². The second-order valence-corrected chi connectivity index (χ2v) is 5.60. The molecule has 0 saturated heterocycles. The molecule has 0 radical (unpaired) electrons. The Bertz CT molecular complexity index is 666. The van der Waals surface area contributed by atoms with E-state index in [2.05, 4.69) is 4.98 Å². The first-order chi connectivity index (χ1) is 12.1. The fourth-order valence-corrected chi connectivity index (χ4v) is 1.95. The lowest BCUT2D eigenvalue weighted by molar-refractivity contribution is -0.139. The highest BCUT2D eigenvalue weighted by Gasteiger charge is 2.00. The predicted octanol–water partition coefficient (Wildman–Crippen LogP) is 3.64. The number of carbonyl (C=O) groups excluding carboxylic acids is 1. The highest BCUT2D eigenvalue weighted by Crippen LogP contribution is 2.14. The highest BCUT2D eigenvalue weighted by atomic mass is 16.6. The summed E-state index contributed by atoms with van der Waals surface area (Å²) < 4.78 is 16.0. The maximum absolute atomic E-state index is 11.6. The Morgan fingerprint density at radius 2 is 1.92 bits per heavy atom. The summed E-state index contributed by atoms with van der Waals surface area (Å²) in [5.74, 6) is 0.360. The van der Waals surface area contributed by atoms with Gasteiger partial charge in [0, 0.05) is 12.3 Å². The summed E-state index contributed by atoms with van der Waals surface area (Å²) in [6.07, 6.45) is 4.97. The van der Waals surface area contributed by atoms with Gasteiger partial charge < -0.3 is 14.2 Å². The quantitative estimate of drug-likeness (QED) is 0.396. The number of hydrogen-bond acceptors (Lipinski definition) is 5. The summed E-state index contributed by atoms with van der Waals surface area (Å²) in [6, 6.07) is 13.2. The van der Waals surface area contributed by atoms with Gasteiger partial charge in [-0.05, 0) is 49.8 Å². The van der Waals surface area contributed by atoms with Crippen LogP contribution in [0, 0.1) is 0 Å². The fraction of sp³-hybridized carbons (Fsp3) is 0.300. The summed E-state index contributed by atoms with van der Waals surface area (Å²) in [5, 5.41) is 0. The molecule has 1 heterocycles. The molecule has 132 valence electrons. The summed E-state index contributed by atoms with van der Waals surface area (Å²) >= 11 is 0. The molecule has 0 saturated carbocycles. The van der Waals surface area contributed by atoms with Gasteiger partial charge in [-0.25, -0.2) is 4.79 Å². The molecule has 25 heavy (non-hydrogen) atoms. The summed E-state index contributed by atoms with van der Waals surface area (Å²) in [6.45, 7) is 4.94. The lowest BCUT2D eigenvalue weighted by atomic mass is 10.2. The lowest BCUT2D eigenvalue weighted by Gasteiger charge is -2.07. The third-order valence-corrected chi connectivity index (χ3v) is 3.18. The van der Waals surface area contributed by atoms with Crippen LogP contribution >= 0.6 is 0 Å². The predicted molar refractivity (Wildman–Crippen MR) is 96.1 cm³/mol. The zero-order chi connectivity index (χ0) is 17.9. The van der Waals surface area contributed by atoms with Crippen LogP contribution in [0.25, 0.3) is 6.08 Å². The molecule has 2 rings (SSSR count). The highest BCUT2D eigenvalue weighted by molar-refractivity contribution is 5.87. The van der Waals surface area contributed by atoms with E-state index in [4.69, 9.17) is 14.2 Å². The van der Waals surface area contributed by atoms with Crippen molar-refractivity contribution in [3.05, 3.63) is 66.0 Å². The Labute approximate surface area is 148 Å². The van der Waals surface area contributed by atoms with Gasteiger partial charge in [-0.2, -0.15) is 0 Å². The van der Waals surface area contributed by atoms with E-state index >= 15 is 0 Å². The van der Waals surface area contributed by atoms with E-state index in [1.54, 1.807) is 12.3 Å². The van der Waals surface area contributed by atoms with Crippen molar-refractivity contribution in [2.45, 2.75) is 26.6 Å². The number of rotatable bonds is 9. The van der Waals surface area contributed by atoms with Gasteiger partial charge in [0.25, 0.3) is 0 Å². The Morgan fingerprint density at radius 3 is 2.60 bits per heavy atom. The molecule has 0 fully saturated rings. The maximum Gasteiger partial charge on any atom is 0.330 e. The van der Waals surface area contributed by atoms with Gasteiger partial charge in [0.15, 0.2) is 0 Å². The van der Waals surface area contributed by atoms with E-state index in [1.165, 1.54) is 6.08 Å². The number of ether oxygens (including phenoxy) is 3. The molecule has 0 aliphatic heterocycles. The molecule has 0 amide bonds. The molecular formula is C20H23NO4. The van der Waals surface area contributed by atoms with E-state index in [0.29, 0.717) is 13.2 Å². The minimum absolute atomic E-state index is 0.132. The van der Waals surface area contributed by atoms with E-state index < -0.39 is 0 Å². The third-order valence-electron chi connectivity index (χ3n) is 3.18. The SMILES string of the molecule is CC(C)OCCOC(=O)C=Cc1ccc(OCc2ccccn2)cc1. The van der Waals surface area contributed by atoms with Crippen LogP contribution in [0.4, 0.5) is 0 Å². The molecule has 0 aliphatic rings. The maximum atomic E-state index is 11.6. The molecule has 0 spiro atoms. The Kier molecular flexibility index (Phi) is 7.66. The zero-order valence-electron chi connectivity index (χ0n) is 14.6. The monoisotopic (exact) mass is 341 g/mol. The summed E-state index contributed by atoms with van der Waals surface area (Å²) in [7, 11) is 0. The number of hydrogen-bond donors (Lipinski definition) is 0. The molecular weight excluding hydrogens is 318 g/mol. The molecule has 1 aromatic heterocycles. The van der Waals surface area contributed by atoms with Crippen LogP contribution in [0.2, 0.25) is 0 Å². The molecule has 0 atom stereocenters. The Hall–Kier alpha value is -2.66. The molecule has 0 aliphatic carbocycles. The van der Waals surface area contributed by atoms with Crippen LogP contribution in [0.5, 0.6) is 5.75 Å². The van der Waals surface area contributed by atoms with Crippen molar-refractivity contribution in [2.24, 2.45) is 0 Å². The first kappa shape index (κ1) is 18.7. The van der Waals surface area contributed by atoms with E-state index in [1.807, 2.05) is 56.3 Å². The van der Waals surface area contributed by atoms with E-state index in [9.17, 15) is 4.79 Å². The van der Waals surface area contributed by atoms with Crippen LogP contribution in [-0.4, -0.2) is 30.3 Å². The number of aromatic nitrogens is 1. The van der Waals surface area contributed by atoms with Crippen LogP contribution in [0.3, 0.4) is 0 Å². The number of carbonyl (C=O) groups is 1. The van der Waals surface area contributed by atoms with Gasteiger partial charge in [-0.1, -0.05) is 18.2 Å². The van der Waals surface area contributed by atoms with Crippen molar-refractivity contribution < 1.29 is 19.0 Å². The van der Waals surface area contributed by atoms with Crippen molar-refractivity contribution >= 4 is 12.0 Å². The lowest BCUT2D eigenvalue weighted by Crippen LogP contribution is -2.12. The first-order valence-corrected chi connectivity index (χ1v) is 8.22. The standard InChI is InChI=1S/C20H23NO4/c1-16(2)23-13-14-24-20(22)11-8-17-6-9-19(10-7-17)25-15-18-5-3-4-12-21-18/h3-12,16H,13-15H2,1-2H3. The first-order valence-electron chi connectivity index (χ1n) is 8.22. The molecule has 5 nitrogen and oxygen atoms in total. The molecule has 0 unspecified atom stereocenters. The van der Waals surface area contributed by atoms with E-state index in [-0.39, 0.29) is 18.7 Å². The number of esters is 1. The van der Waals surface area contributed by atoms with E-state index in [0.717, 1.165) is 17.0 Å². The second kappa shape index (κ2) is 10.3. The minimum Gasteiger partial charge on any atom is -0.487 e.